The number of allylic oxidation sites excluding steroid dienone is 2. The molecule has 1 fully saturated rings. The molecule has 0 bridgehead atoms. The first-order valence-electron chi connectivity index (χ1n) is 9.62. The van der Waals surface area contributed by atoms with Crippen LogP contribution >= 0.6 is 0 Å². The highest BCUT2D eigenvalue weighted by atomic mass is 35.7. The first-order chi connectivity index (χ1) is 14.0. The van der Waals surface area contributed by atoms with Crippen LogP contribution in [0.15, 0.2) is 59.7 Å². The Kier molecular flexibility index (Phi) is 8.46. The number of hydrogen-bond donors (Lipinski definition) is 1. The average molecular weight is 433 g/mol. The van der Waals surface area contributed by atoms with Gasteiger partial charge in [0.1, 0.15) is 0 Å². The molecule has 0 unspecified atom stereocenters. The van der Waals surface area contributed by atoms with Crippen LogP contribution in [0.25, 0.3) is 12.2 Å². The van der Waals surface area contributed by atoms with Crippen LogP contribution in [-0.4, -0.2) is 32.8 Å². The zero-order valence-electron chi connectivity index (χ0n) is 17.8. The maximum atomic E-state index is 8.60. The molecule has 7 heteroatoms. The zero-order valence-corrected chi connectivity index (χ0v) is 18.6. The van der Waals surface area contributed by atoms with Crippen molar-refractivity contribution in [3.63, 3.8) is 0 Å². The van der Waals surface area contributed by atoms with E-state index in [1.54, 1.807) is 0 Å². The van der Waals surface area contributed by atoms with Crippen LogP contribution in [0, 0.1) is 10.2 Å². The molecule has 2 aromatic rings. The minimum atomic E-state index is -4.69. The van der Waals surface area contributed by atoms with Crippen molar-refractivity contribution < 1.29 is 28.9 Å². The lowest BCUT2D eigenvalue weighted by atomic mass is 10.0. The van der Waals surface area contributed by atoms with E-state index in [0.29, 0.717) is 0 Å². The van der Waals surface area contributed by atoms with E-state index in [4.69, 9.17) is 18.6 Å². The van der Waals surface area contributed by atoms with E-state index in [9.17, 15) is 0 Å². The molecule has 1 saturated carbocycles. The minimum Gasteiger partial charge on any atom is -0.378 e. The molecule has 0 aromatic heterocycles. The van der Waals surface area contributed by atoms with E-state index in [1.165, 1.54) is 52.9 Å². The number of anilines is 2. The summed E-state index contributed by atoms with van der Waals surface area (Å²) in [4.78, 5) is 4.27. The third kappa shape index (κ3) is 8.18. The highest BCUT2D eigenvalue weighted by Gasteiger charge is 2.13. The molecule has 0 spiro atoms. The maximum Gasteiger partial charge on any atom is 0.0777 e. The fourth-order valence-electron chi connectivity index (χ4n) is 3.26. The van der Waals surface area contributed by atoms with Gasteiger partial charge in [0.15, 0.2) is 0 Å². The van der Waals surface area contributed by atoms with Crippen LogP contribution in [-0.2, 0) is 0 Å². The second kappa shape index (κ2) is 10.6. The SMILES string of the molecule is CN(C)c1ccc(C=C2CCCC2=Cc2ccc(N(C)C)cc2)cc1.[O-][Cl+3]([O-])([O-])O. The van der Waals surface area contributed by atoms with Crippen molar-refractivity contribution in [2.75, 3.05) is 38.0 Å². The lowest BCUT2D eigenvalue weighted by molar-refractivity contribution is -1.92. The molecule has 0 amide bonds. The van der Waals surface area contributed by atoms with Crippen molar-refractivity contribution in [1.82, 2.24) is 0 Å². The van der Waals surface area contributed by atoms with E-state index in [1.807, 2.05) is 0 Å². The van der Waals surface area contributed by atoms with Gasteiger partial charge in [-0.1, -0.05) is 36.4 Å². The van der Waals surface area contributed by atoms with Crippen LogP contribution in [0.2, 0.25) is 0 Å². The number of hydrogen-bond acceptors (Lipinski definition) is 6. The Bertz CT molecular complexity index is 794. The fraction of sp³-hybridized carbons (Fsp3) is 0.304. The normalized spacial score (nSPS) is 16.4. The van der Waals surface area contributed by atoms with Gasteiger partial charge in [0.25, 0.3) is 0 Å². The number of benzene rings is 2. The second-order valence-corrected chi connectivity index (χ2v) is 8.35. The molecular weight excluding hydrogens is 404 g/mol. The quantitative estimate of drug-likeness (QED) is 0.783. The van der Waals surface area contributed by atoms with Gasteiger partial charge in [-0.3, -0.25) is 0 Å². The van der Waals surface area contributed by atoms with Crippen molar-refractivity contribution in [3.05, 3.63) is 70.8 Å². The minimum absolute atomic E-state index is 1.18. The van der Waals surface area contributed by atoms with E-state index >= 15 is 0 Å². The van der Waals surface area contributed by atoms with Gasteiger partial charge >= 0.3 is 0 Å². The molecule has 0 atom stereocenters. The van der Waals surface area contributed by atoms with Gasteiger partial charge in [-0.25, -0.2) is 0 Å². The highest BCUT2D eigenvalue weighted by molar-refractivity contribution is 5.69. The lowest BCUT2D eigenvalue weighted by Crippen LogP contribution is -2.58. The summed E-state index contributed by atoms with van der Waals surface area (Å²) in [6.07, 6.45) is 8.32. The standard InChI is InChI=1S/C23H28N2.ClHO4/c1-24(2)22-12-8-18(9-13-22)16-20-6-5-7-21(20)17-19-10-14-23(15-11-19)25(3)4;2-1(3,4)5/h8-17H,5-7H2,1-4H3;(H,2,3,4,5). The van der Waals surface area contributed by atoms with E-state index in [-0.39, 0.29) is 0 Å². The topological polar surface area (TPSA) is 95.9 Å². The van der Waals surface area contributed by atoms with Crippen LogP contribution in [0.4, 0.5) is 11.4 Å². The summed E-state index contributed by atoms with van der Waals surface area (Å²) in [5.74, 6) is 0. The van der Waals surface area contributed by atoms with Crippen LogP contribution < -0.4 is 23.8 Å². The summed E-state index contributed by atoms with van der Waals surface area (Å²) in [5.41, 5.74) is 8.02. The van der Waals surface area contributed by atoms with Crippen LogP contribution in [0.3, 0.4) is 0 Å². The molecule has 162 valence electrons. The molecule has 0 heterocycles. The molecule has 0 aliphatic heterocycles. The number of nitrogens with zero attached hydrogens (tertiary/aromatic N) is 2. The Hall–Kier alpha value is -2.35. The van der Waals surface area contributed by atoms with Gasteiger partial charge in [-0.2, -0.15) is 14.0 Å². The third-order valence-electron chi connectivity index (χ3n) is 4.81. The molecule has 1 aliphatic rings. The van der Waals surface area contributed by atoms with E-state index in [2.05, 4.69) is 98.7 Å². The van der Waals surface area contributed by atoms with E-state index < -0.39 is 10.2 Å². The predicted octanol–water partition coefficient (Wildman–Crippen LogP) is 1.35. The van der Waals surface area contributed by atoms with Gasteiger partial charge in [-0.05, 0) is 65.8 Å². The Morgan fingerprint density at radius 1 is 0.700 bits per heavy atom. The summed E-state index contributed by atoms with van der Waals surface area (Å²) >= 11 is 0. The van der Waals surface area contributed by atoms with Gasteiger partial charge in [0.2, 0.25) is 0 Å². The van der Waals surface area contributed by atoms with Gasteiger partial charge in [-0.15, -0.1) is 0 Å². The second-order valence-electron chi connectivity index (χ2n) is 7.56. The van der Waals surface area contributed by atoms with Crippen LogP contribution in [0.1, 0.15) is 30.4 Å². The van der Waals surface area contributed by atoms with Crippen molar-refractivity contribution in [2.24, 2.45) is 0 Å². The van der Waals surface area contributed by atoms with Crippen molar-refractivity contribution in [1.29, 1.82) is 0 Å². The molecule has 2 aromatic carbocycles. The number of rotatable bonds is 4. The Morgan fingerprint density at radius 3 is 1.27 bits per heavy atom. The van der Waals surface area contributed by atoms with E-state index in [0.717, 1.165) is 0 Å². The molecule has 0 saturated heterocycles. The molecule has 30 heavy (non-hydrogen) atoms. The highest BCUT2D eigenvalue weighted by Crippen LogP contribution is 2.34. The molecule has 3 rings (SSSR count). The molecule has 1 aliphatic carbocycles. The zero-order chi connectivity index (χ0) is 22.3. The van der Waals surface area contributed by atoms with Gasteiger partial charge < -0.3 is 9.80 Å². The largest absolute Gasteiger partial charge is 0.378 e. The Morgan fingerprint density at radius 2 is 1.00 bits per heavy atom. The molecule has 6 nitrogen and oxygen atoms in total. The fourth-order valence-corrected chi connectivity index (χ4v) is 3.26. The van der Waals surface area contributed by atoms with Crippen molar-refractivity contribution in [2.45, 2.75) is 19.3 Å². The van der Waals surface area contributed by atoms with Crippen molar-refractivity contribution >= 4 is 23.5 Å². The summed E-state index contributed by atoms with van der Waals surface area (Å²) in [5, 5.41) is 0. The lowest BCUT2D eigenvalue weighted by Gasteiger charge is -2.12. The van der Waals surface area contributed by atoms with Crippen LogP contribution in [0.5, 0.6) is 0 Å². The molecule has 1 N–H and O–H groups in total. The Balaban J connectivity index is 0.000000575. The average Bonchev–Trinajstić information content (AvgIpc) is 3.08. The first-order valence-corrected chi connectivity index (χ1v) is 10.9. The summed E-state index contributed by atoms with van der Waals surface area (Å²) in [6, 6.07) is 17.6. The summed E-state index contributed by atoms with van der Waals surface area (Å²) < 4.78 is 32.7. The Labute approximate surface area is 180 Å². The molecule has 0 radical (unpaired) electrons. The number of halogens is 1. The predicted molar refractivity (Wildman–Crippen MR) is 114 cm³/mol. The van der Waals surface area contributed by atoms with Gasteiger partial charge in [0, 0.05) is 39.6 Å². The summed E-state index contributed by atoms with van der Waals surface area (Å²) in [7, 11) is 3.61. The summed E-state index contributed by atoms with van der Waals surface area (Å²) in [6.45, 7) is 0. The van der Waals surface area contributed by atoms with Gasteiger partial charge in [0.05, 0.1) is 14.9 Å². The molecular formula is C23H29ClN2O4. The third-order valence-corrected chi connectivity index (χ3v) is 4.81. The van der Waals surface area contributed by atoms with Crippen molar-refractivity contribution in [3.8, 4) is 0 Å². The first kappa shape index (κ1) is 23.9. The smallest absolute Gasteiger partial charge is 0.0777 e. The maximum absolute atomic E-state index is 8.60. The monoisotopic (exact) mass is 432 g/mol.